The molecule has 0 aliphatic carbocycles. The van der Waals surface area contributed by atoms with Crippen molar-refractivity contribution in [1.82, 2.24) is 5.32 Å². The quantitative estimate of drug-likeness (QED) is 0.906. The van der Waals surface area contributed by atoms with Crippen LogP contribution in [0.25, 0.3) is 0 Å². The molecule has 3 nitrogen and oxygen atoms in total. The lowest BCUT2D eigenvalue weighted by atomic mass is 10.2. The number of carbonyl (C=O) groups is 1. The van der Waals surface area contributed by atoms with Gasteiger partial charge in [0.05, 0.1) is 16.7 Å². The Morgan fingerprint density at radius 1 is 1.35 bits per heavy atom. The van der Waals surface area contributed by atoms with E-state index in [0.717, 1.165) is 5.56 Å². The Hall–Kier alpha value is -0.930. The van der Waals surface area contributed by atoms with Crippen LogP contribution in [0.2, 0.25) is 10.0 Å². The van der Waals surface area contributed by atoms with Crippen molar-refractivity contribution in [3.05, 3.63) is 33.8 Å². The van der Waals surface area contributed by atoms with E-state index in [2.05, 4.69) is 5.32 Å². The van der Waals surface area contributed by atoms with Gasteiger partial charge in [-0.1, -0.05) is 43.1 Å². The Balaban J connectivity index is 2.39. The molecule has 0 aliphatic rings. The summed E-state index contributed by atoms with van der Waals surface area (Å²) in [6.45, 7) is 4.74. The molecule has 1 aromatic carbocycles. The average Bonchev–Trinajstić information content (AvgIpc) is 2.28. The molecule has 0 heterocycles. The van der Waals surface area contributed by atoms with Crippen LogP contribution in [0.15, 0.2) is 18.2 Å². The summed E-state index contributed by atoms with van der Waals surface area (Å²) in [6, 6.07) is 5.21. The summed E-state index contributed by atoms with van der Waals surface area (Å²) < 4.78 is 4.97. The first-order valence-electron chi connectivity index (χ1n) is 5.33. The van der Waals surface area contributed by atoms with Crippen molar-refractivity contribution >= 4 is 29.3 Å². The molecule has 0 fully saturated rings. The van der Waals surface area contributed by atoms with Crippen LogP contribution in [0, 0.1) is 5.92 Å². The molecule has 94 valence electrons. The second-order valence-electron chi connectivity index (χ2n) is 4.09. The summed E-state index contributed by atoms with van der Waals surface area (Å²) in [6.07, 6.45) is -0.426. The van der Waals surface area contributed by atoms with E-state index in [-0.39, 0.29) is 0 Å². The highest BCUT2D eigenvalue weighted by Gasteiger charge is 2.04. The summed E-state index contributed by atoms with van der Waals surface area (Å²) in [5.74, 6) is 0.325. The van der Waals surface area contributed by atoms with Crippen molar-refractivity contribution in [3.63, 3.8) is 0 Å². The standard InChI is InChI=1S/C12H15Cl2NO2/c1-8(2)7-17-12(16)15-6-9-3-4-10(13)11(14)5-9/h3-5,8H,6-7H2,1-2H3,(H,15,16). The van der Waals surface area contributed by atoms with Crippen LogP contribution >= 0.6 is 23.2 Å². The van der Waals surface area contributed by atoms with Gasteiger partial charge in [0.2, 0.25) is 0 Å². The number of benzene rings is 1. The molecule has 1 rings (SSSR count). The van der Waals surface area contributed by atoms with E-state index in [1.165, 1.54) is 0 Å². The van der Waals surface area contributed by atoms with E-state index in [1.807, 2.05) is 13.8 Å². The molecule has 0 unspecified atom stereocenters. The van der Waals surface area contributed by atoms with Crippen molar-refractivity contribution < 1.29 is 9.53 Å². The molecule has 0 saturated carbocycles. The Bertz CT molecular complexity index is 394. The smallest absolute Gasteiger partial charge is 0.407 e. The number of nitrogens with one attached hydrogen (secondary N) is 1. The Morgan fingerprint density at radius 2 is 2.06 bits per heavy atom. The van der Waals surface area contributed by atoms with Crippen LogP contribution < -0.4 is 5.32 Å². The molecule has 0 saturated heterocycles. The van der Waals surface area contributed by atoms with Gasteiger partial charge in [-0.2, -0.15) is 0 Å². The number of ether oxygens (including phenoxy) is 1. The van der Waals surface area contributed by atoms with Gasteiger partial charge in [-0.3, -0.25) is 0 Å². The molecule has 5 heteroatoms. The van der Waals surface area contributed by atoms with Crippen molar-refractivity contribution in [2.24, 2.45) is 5.92 Å². The van der Waals surface area contributed by atoms with Gasteiger partial charge in [0.15, 0.2) is 0 Å². The molecule has 0 atom stereocenters. The molecular formula is C12H15Cl2NO2. The van der Waals surface area contributed by atoms with Crippen LogP contribution in [0.3, 0.4) is 0 Å². The summed E-state index contributed by atoms with van der Waals surface area (Å²) >= 11 is 11.6. The predicted molar refractivity (Wildman–Crippen MR) is 69.5 cm³/mol. The van der Waals surface area contributed by atoms with Gasteiger partial charge in [0.1, 0.15) is 0 Å². The Labute approximate surface area is 111 Å². The topological polar surface area (TPSA) is 38.3 Å². The lowest BCUT2D eigenvalue weighted by Crippen LogP contribution is -2.25. The minimum Gasteiger partial charge on any atom is -0.449 e. The van der Waals surface area contributed by atoms with Gasteiger partial charge in [-0.05, 0) is 23.6 Å². The van der Waals surface area contributed by atoms with Crippen molar-refractivity contribution in [2.45, 2.75) is 20.4 Å². The van der Waals surface area contributed by atoms with E-state index in [9.17, 15) is 4.79 Å². The van der Waals surface area contributed by atoms with Gasteiger partial charge in [0, 0.05) is 6.54 Å². The number of rotatable bonds is 4. The Kier molecular flexibility index (Phi) is 5.59. The number of halogens is 2. The first-order chi connectivity index (χ1) is 7.99. The lowest BCUT2D eigenvalue weighted by Gasteiger charge is -2.09. The maximum Gasteiger partial charge on any atom is 0.407 e. The molecule has 1 amide bonds. The van der Waals surface area contributed by atoms with E-state index in [1.54, 1.807) is 18.2 Å². The summed E-state index contributed by atoms with van der Waals surface area (Å²) in [4.78, 5) is 11.3. The van der Waals surface area contributed by atoms with Crippen LogP contribution in [-0.2, 0) is 11.3 Å². The largest absolute Gasteiger partial charge is 0.449 e. The predicted octanol–water partition coefficient (Wildman–Crippen LogP) is 3.88. The highest BCUT2D eigenvalue weighted by atomic mass is 35.5. The first-order valence-corrected chi connectivity index (χ1v) is 6.09. The minimum atomic E-state index is -0.426. The Morgan fingerprint density at radius 3 is 2.65 bits per heavy atom. The highest BCUT2D eigenvalue weighted by molar-refractivity contribution is 6.42. The molecule has 0 aromatic heterocycles. The second kappa shape index (κ2) is 6.72. The number of amides is 1. The third-order valence-electron chi connectivity index (χ3n) is 1.97. The fraction of sp³-hybridized carbons (Fsp3) is 0.417. The highest BCUT2D eigenvalue weighted by Crippen LogP contribution is 2.22. The van der Waals surface area contributed by atoms with Crippen molar-refractivity contribution in [1.29, 1.82) is 0 Å². The average molecular weight is 276 g/mol. The number of carbonyl (C=O) groups excluding carboxylic acids is 1. The van der Waals surface area contributed by atoms with Gasteiger partial charge < -0.3 is 10.1 Å². The zero-order chi connectivity index (χ0) is 12.8. The van der Waals surface area contributed by atoms with Crippen LogP contribution in [0.4, 0.5) is 4.79 Å². The number of hydrogen-bond donors (Lipinski definition) is 1. The van der Waals surface area contributed by atoms with E-state index < -0.39 is 6.09 Å². The maximum absolute atomic E-state index is 11.3. The van der Waals surface area contributed by atoms with Crippen LogP contribution in [0.5, 0.6) is 0 Å². The normalized spacial score (nSPS) is 10.4. The minimum absolute atomic E-state index is 0.325. The second-order valence-corrected chi connectivity index (χ2v) is 4.91. The van der Waals surface area contributed by atoms with Crippen molar-refractivity contribution in [2.75, 3.05) is 6.61 Å². The SMILES string of the molecule is CC(C)COC(=O)NCc1ccc(Cl)c(Cl)c1. The monoisotopic (exact) mass is 275 g/mol. The van der Waals surface area contributed by atoms with E-state index >= 15 is 0 Å². The number of alkyl carbamates (subject to hydrolysis) is 1. The fourth-order valence-electron chi connectivity index (χ4n) is 1.12. The molecular weight excluding hydrogens is 261 g/mol. The molecule has 0 aliphatic heterocycles. The van der Waals surface area contributed by atoms with Gasteiger partial charge in [-0.15, -0.1) is 0 Å². The molecule has 0 bridgehead atoms. The molecule has 1 aromatic rings. The lowest BCUT2D eigenvalue weighted by molar-refractivity contribution is 0.132. The molecule has 1 N–H and O–H groups in total. The summed E-state index contributed by atoms with van der Waals surface area (Å²) in [5.41, 5.74) is 0.876. The maximum atomic E-state index is 11.3. The zero-order valence-corrected chi connectivity index (χ0v) is 11.3. The van der Waals surface area contributed by atoms with Gasteiger partial charge in [0.25, 0.3) is 0 Å². The van der Waals surface area contributed by atoms with Crippen molar-refractivity contribution in [3.8, 4) is 0 Å². The third-order valence-corrected chi connectivity index (χ3v) is 2.71. The third kappa shape index (κ3) is 5.29. The molecule has 17 heavy (non-hydrogen) atoms. The van der Waals surface area contributed by atoms with Gasteiger partial charge in [-0.25, -0.2) is 4.79 Å². The van der Waals surface area contributed by atoms with Crippen LogP contribution in [0.1, 0.15) is 19.4 Å². The molecule has 0 radical (unpaired) electrons. The van der Waals surface area contributed by atoms with Crippen LogP contribution in [-0.4, -0.2) is 12.7 Å². The fourth-order valence-corrected chi connectivity index (χ4v) is 1.44. The molecule has 0 spiro atoms. The van der Waals surface area contributed by atoms with E-state index in [4.69, 9.17) is 27.9 Å². The first kappa shape index (κ1) is 14.1. The van der Waals surface area contributed by atoms with E-state index in [0.29, 0.717) is 29.1 Å². The number of hydrogen-bond acceptors (Lipinski definition) is 2. The summed E-state index contributed by atoms with van der Waals surface area (Å²) in [7, 11) is 0. The zero-order valence-electron chi connectivity index (χ0n) is 9.80. The van der Waals surface area contributed by atoms with Gasteiger partial charge >= 0.3 is 6.09 Å². The summed E-state index contributed by atoms with van der Waals surface area (Å²) in [5, 5.41) is 3.61.